The number of methoxy groups -OCH3 is 1. The van der Waals surface area contributed by atoms with Crippen LogP contribution in [0.5, 0.6) is 5.75 Å². The molecule has 0 unspecified atom stereocenters. The van der Waals surface area contributed by atoms with Crippen molar-refractivity contribution in [3.63, 3.8) is 0 Å². The number of nitrogens with one attached hydrogen (secondary N) is 1. The van der Waals surface area contributed by atoms with Crippen LogP contribution in [0.3, 0.4) is 0 Å². The summed E-state index contributed by atoms with van der Waals surface area (Å²) >= 11 is 0. The van der Waals surface area contributed by atoms with Crippen LogP contribution in [0.1, 0.15) is 27.3 Å². The van der Waals surface area contributed by atoms with Crippen molar-refractivity contribution in [2.75, 3.05) is 12.4 Å². The fourth-order valence-corrected chi connectivity index (χ4v) is 3.22. The van der Waals surface area contributed by atoms with Crippen LogP contribution in [0.4, 0.5) is 5.82 Å². The van der Waals surface area contributed by atoms with E-state index in [9.17, 15) is 4.79 Å². The Labute approximate surface area is 152 Å². The normalized spacial score (nSPS) is 12.1. The molecular weight excluding hydrogens is 326 g/mol. The molecule has 1 aliphatic carbocycles. The summed E-state index contributed by atoms with van der Waals surface area (Å²) in [6.45, 7) is 1.87. The van der Waals surface area contributed by atoms with Crippen molar-refractivity contribution in [1.29, 1.82) is 0 Å². The molecule has 0 fully saturated rings. The number of aromatic nitrogens is 2. The summed E-state index contributed by atoms with van der Waals surface area (Å²) in [7, 11) is 1.67. The van der Waals surface area contributed by atoms with Gasteiger partial charge in [0.15, 0.2) is 5.82 Å². The highest BCUT2D eigenvalue weighted by Crippen LogP contribution is 2.34. The van der Waals surface area contributed by atoms with Gasteiger partial charge >= 0.3 is 0 Å². The first-order chi connectivity index (χ1) is 12.7. The quantitative estimate of drug-likeness (QED) is 0.784. The average Bonchev–Trinajstić information content (AvgIpc) is 2.68. The predicted octanol–water partition coefficient (Wildman–Crippen LogP) is 3.81. The molecule has 0 radical (unpaired) electrons. The van der Waals surface area contributed by atoms with E-state index in [1.54, 1.807) is 19.2 Å². The number of fused-ring (bicyclic) bond motifs is 3. The number of anilines is 1. The van der Waals surface area contributed by atoms with E-state index in [1.165, 1.54) is 5.56 Å². The van der Waals surface area contributed by atoms with E-state index in [2.05, 4.69) is 11.4 Å². The lowest BCUT2D eigenvalue weighted by atomic mass is 9.91. The van der Waals surface area contributed by atoms with Crippen molar-refractivity contribution in [1.82, 2.24) is 9.97 Å². The monoisotopic (exact) mass is 345 g/mol. The standard InChI is InChI=1S/C21H19N3O2/c1-13-20(24-21(25)14-6-4-3-5-7-14)23-18-11-8-15-12-16(26-2)9-10-17(15)19(18)22-13/h3-7,9-10,12H,8,11H2,1-2H3,(H,23,24,25). The fourth-order valence-electron chi connectivity index (χ4n) is 3.22. The molecule has 4 rings (SSSR count). The van der Waals surface area contributed by atoms with Gasteiger partial charge in [-0.05, 0) is 55.7 Å². The number of ether oxygens (including phenoxy) is 1. The van der Waals surface area contributed by atoms with Gasteiger partial charge < -0.3 is 10.1 Å². The molecule has 5 nitrogen and oxygen atoms in total. The lowest BCUT2D eigenvalue weighted by Crippen LogP contribution is -2.17. The van der Waals surface area contributed by atoms with Gasteiger partial charge in [-0.3, -0.25) is 4.79 Å². The number of carbonyl (C=O) groups is 1. The summed E-state index contributed by atoms with van der Waals surface area (Å²) in [5, 5.41) is 2.89. The van der Waals surface area contributed by atoms with Gasteiger partial charge in [0, 0.05) is 11.1 Å². The molecule has 1 amide bonds. The van der Waals surface area contributed by atoms with Gasteiger partial charge in [0.1, 0.15) is 5.75 Å². The number of carbonyl (C=O) groups excluding carboxylic acids is 1. The highest BCUT2D eigenvalue weighted by atomic mass is 16.5. The molecular formula is C21H19N3O2. The number of rotatable bonds is 3. The van der Waals surface area contributed by atoms with Crippen LogP contribution in [0.15, 0.2) is 48.5 Å². The molecule has 0 spiro atoms. The summed E-state index contributed by atoms with van der Waals surface area (Å²) in [6, 6.07) is 15.1. The van der Waals surface area contributed by atoms with E-state index in [0.717, 1.165) is 35.5 Å². The van der Waals surface area contributed by atoms with Crippen LogP contribution >= 0.6 is 0 Å². The first-order valence-corrected chi connectivity index (χ1v) is 8.57. The Bertz CT molecular complexity index is 984. The van der Waals surface area contributed by atoms with E-state index in [4.69, 9.17) is 14.7 Å². The van der Waals surface area contributed by atoms with Gasteiger partial charge in [0.2, 0.25) is 0 Å². The molecule has 1 aromatic heterocycles. The van der Waals surface area contributed by atoms with Crippen molar-refractivity contribution >= 4 is 11.7 Å². The Balaban J connectivity index is 1.68. The molecule has 1 N–H and O–H groups in total. The zero-order valence-corrected chi connectivity index (χ0v) is 14.7. The molecule has 26 heavy (non-hydrogen) atoms. The summed E-state index contributed by atoms with van der Waals surface area (Å²) in [5.41, 5.74) is 5.41. The Morgan fingerprint density at radius 2 is 1.88 bits per heavy atom. The highest BCUT2D eigenvalue weighted by Gasteiger charge is 2.21. The Morgan fingerprint density at radius 3 is 2.65 bits per heavy atom. The molecule has 2 aromatic carbocycles. The summed E-state index contributed by atoms with van der Waals surface area (Å²) in [6.07, 6.45) is 1.67. The summed E-state index contributed by atoms with van der Waals surface area (Å²) < 4.78 is 5.31. The number of amides is 1. The summed E-state index contributed by atoms with van der Waals surface area (Å²) in [5.74, 6) is 1.20. The zero-order valence-electron chi connectivity index (χ0n) is 14.7. The van der Waals surface area contributed by atoms with E-state index < -0.39 is 0 Å². The molecule has 0 aliphatic heterocycles. The molecule has 0 saturated heterocycles. The predicted molar refractivity (Wildman–Crippen MR) is 101 cm³/mol. The van der Waals surface area contributed by atoms with Crippen molar-refractivity contribution in [2.45, 2.75) is 19.8 Å². The molecule has 130 valence electrons. The second-order valence-corrected chi connectivity index (χ2v) is 6.30. The zero-order chi connectivity index (χ0) is 18.1. The largest absolute Gasteiger partial charge is 0.497 e. The third-order valence-electron chi connectivity index (χ3n) is 4.61. The molecule has 0 atom stereocenters. The average molecular weight is 345 g/mol. The molecule has 5 heteroatoms. The third-order valence-corrected chi connectivity index (χ3v) is 4.61. The van der Waals surface area contributed by atoms with Crippen LogP contribution in [0.25, 0.3) is 11.3 Å². The Morgan fingerprint density at radius 1 is 1.08 bits per heavy atom. The SMILES string of the molecule is COc1ccc2c(c1)CCc1nc(NC(=O)c3ccccc3)c(C)nc1-2. The van der Waals surface area contributed by atoms with Crippen molar-refractivity contribution < 1.29 is 9.53 Å². The number of benzene rings is 2. The van der Waals surface area contributed by atoms with Crippen LogP contribution in [-0.4, -0.2) is 23.0 Å². The number of nitrogens with zero attached hydrogens (tertiary/aromatic N) is 2. The van der Waals surface area contributed by atoms with E-state index in [1.807, 2.05) is 37.3 Å². The topological polar surface area (TPSA) is 64.1 Å². The number of hydrogen-bond acceptors (Lipinski definition) is 4. The van der Waals surface area contributed by atoms with Gasteiger partial charge in [0.25, 0.3) is 5.91 Å². The van der Waals surface area contributed by atoms with Crippen LogP contribution in [-0.2, 0) is 12.8 Å². The first kappa shape index (κ1) is 16.3. The Hall–Kier alpha value is -3.21. The van der Waals surface area contributed by atoms with Crippen LogP contribution < -0.4 is 10.1 Å². The first-order valence-electron chi connectivity index (χ1n) is 8.57. The molecule has 3 aromatic rings. The van der Waals surface area contributed by atoms with Crippen molar-refractivity contribution in [2.24, 2.45) is 0 Å². The maximum atomic E-state index is 12.4. The van der Waals surface area contributed by atoms with Gasteiger partial charge in [-0.15, -0.1) is 0 Å². The van der Waals surface area contributed by atoms with Gasteiger partial charge in [-0.25, -0.2) is 9.97 Å². The van der Waals surface area contributed by atoms with Crippen LogP contribution in [0, 0.1) is 6.92 Å². The molecule has 0 bridgehead atoms. The lowest BCUT2D eigenvalue weighted by Gasteiger charge is -2.20. The molecule has 0 saturated carbocycles. The smallest absolute Gasteiger partial charge is 0.256 e. The maximum absolute atomic E-state index is 12.4. The van der Waals surface area contributed by atoms with E-state index in [0.29, 0.717) is 17.1 Å². The number of hydrogen-bond donors (Lipinski definition) is 1. The van der Waals surface area contributed by atoms with Crippen LogP contribution in [0.2, 0.25) is 0 Å². The fraction of sp³-hybridized carbons (Fsp3) is 0.190. The summed E-state index contributed by atoms with van der Waals surface area (Å²) in [4.78, 5) is 21.8. The minimum atomic E-state index is -0.177. The van der Waals surface area contributed by atoms with Crippen molar-refractivity contribution in [3.05, 3.63) is 71.0 Å². The second kappa shape index (κ2) is 6.59. The minimum absolute atomic E-state index is 0.177. The third kappa shape index (κ3) is 2.92. The molecule has 1 heterocycles. The molecule has 1 aliphatic rings. The number of aryl methyl sites for hydroxylation is 3. The van der Waals surface area contributed by atoms with Gasteiger partial charge in [0.05, 0.1) is 24.2 Å². The minimum Gasteiger partial charge on any atom is -0.497 e. The maximum Gasteiger partial charge on any atom is 0.256 e. The van der Waals surface area contributed by atoms with Gasteiger partial charge in [-0.1, -0.05) is 18.2 Å². The second-order valence-electron chi connectivity index (χ2n) is 6.30. The van der Waals surface area contributed by atoms with Crippen molar-refractivity contribution in [3.8, 4) is 17.0 Å². The highest BCUT2D eigenvalue weighted by molar-refractivity contribution is 6.04. The van der Waals surface area contributed by atoms with E-state index >= 15 is 0 Å². The van der Waals surface area contributed by atoms with E-state index in [-0.39, 0.29) is 5.91 Å². The van der Waals surface area contributed by atoms with Gasteiger partial charge in [-0.2, -0.15) is 0 Å². The Kier molecular flexibility index (Phi) is 4.13. The lowest BCUT2D eigenvalue weighted by molar-refractivity contribution is 0.102.